The van der Waals surface area contributed by atoms with E-state index in [1.54, 1.807) is 12.3 Å². The zero-order valence-electron chi connectivity index (χ0n) is 13.3. The third-order valence-corrected chi connectivity index (χ3v) is 4.32. The van der Waals surface area contributed by atoms with E-state index in [0.717, 1.165) is 50.9 Å². The van der Waals surface area contributed by atoms with Gasteiger partial charge in [-0.3, -0.25) is 9.88 Å². The summed E-state index contributed by atoms with van der Waals surface area (Å²) in [7, 11) is 0. The van der Waals surface area contributed by atoms with E-state index < -0.39 is 11.7 Å². The molecule has 6 heteroatoms. The van der Waals surface area contributed by atoms with Crippen molar-refractivity contribution in [2.75, 3.05) is 37.6 Å². The molecule has 1 aromatic carbocycles. The number of piperazine rings is 1. The lowest BCUT2D eigenvalue weighted by Crippen LogP contribution is -2.47. The summed E-state index contributed by atoms with van der Waals surface area (Å²) in [6, 6.07) is 11.5. The van der Waals surface area contributed by atoms with E-state index in [1.807, 2.05) is 23.1 Å². The van der Waals surface area contributed by atoms with Gasteiger partial charge in [0.2, 0.25) is 0 Å². The van der Waals surface area contributed by atoms with Crippen LogP contribution < -0.4 is 4.90 Å². The summed E-state index contributed by atoms with van der Waals surface area (Å²) in [4.78, 5) is 8.67. The highest BCUT2D eigenvalue weighted by Crippen LogP contribution is 2.31. The van der Waals surface area contributed by atoms with Gasteiger partial charge in [0.1, 0.15) is 0 Å². The first kappa shape index (κ1) is 16.8. The summed E-state index contributed by atoms with van der Waals surface area (Å²) in [5.41, 5.74) is 1.13. The Morgan fingerprint density at radius 2 is 1.75 bits per heavy atom. The van der Waals surface area contributed by atoms with Gasteiger partial charge >= 0.3 is 6.18 Å². The Morgan fingerprint density at radius 3 is 2.42 bits per heavy atom. The Hall–Kier alpha value is -2.08. The number of benzene rings is 1. The number of pyridine rings is 1. The Kier molecular flexibility index (Phi) is 5.04. The largest absolute Gasteiger partial charge is 0.416 e. The fourth-order valence-electron chi connectivity index (χ4n) is 2.93. The fourth-order valence-corrected chi connectivity index (χ4v) is 2.93. The standard InChI is InChI=1S/C18H20F3N3/c19-18(20,21)15-4-3-6-17(14-15)24-12-10-23(11-13-24)9-7-16-5-1-2-8-22-16/h1-6,8,14H,7,9-13H2. The molecule has 1 aliphatic rings. The lowest BCUT2D eigenvalue weighted by Gasteiger charge is -2.36. The SMILES string of the molecule is FC(F)(F)c1cccc(N2CCN(CCc3ccccn3)CC2)c1. The molecule has 0 aliphatic carbocycles. The van der Waals surface area contributed by atoms with E-state index in [4.69, 9.17) is 0 Å². The van der Waals surface area contributed by atoms with Gasteiger partial charge in [-0.1, -0.05) is 12.1 Å². The van der Waals surface area contributed by atoms with Crippen LogP contribution in [0.4, 0.5) is 18.9 Å². The highest BCUT2D eigenvalue weighted by atomic mass is 19.4. The molecule has 0 unspecified atom stereocenters. The number of nitrogens with zero attached hydrogens (tertiary/aromatic N) is 3. The smallest absolute Gasteiger partial charge is 0.369 e. The van der Waals surface area contributed by atoms with E-state index in [0.29, 0.717) is 5.69 Å². The van der Waals surface area contributed by atoms with Gasteiger partial charge < -0.3 is 4.90 Å². The van der Waals surface area contributed by atoms with Crippen LogP contribution in [0.3, 0.4) is 0 Å². The minimum Gasteiger partial charge on any atom is -0.369 e. The van der Waals surface area contributed by atoms with Crippen LogP contribution in [0.25, 0.3) is 0 Å². The summed E-state index contributed by atoms with van der Waals surface area (Å²) in [6.45, 7) is 4.10. The summed E-state index contributed by atoms with van der Waals surface area (Å²) in [6.07, 6.45) is -1.61. The minimum absolute atomic E-state index is 0.586. The van der Waals surface area contributed by atoms with Crippen LogP contribution in [0.1, 0.15) is 11.3 Å². The first-order valence-corrected chi connectivity index (χ1v) is 8.07. The molecule has 0 atom stereocenters. The summed E-state index contributed by atoms with van der Waals surface area (Å²) in [5.74, 6) is 0. The van der Waals surface area contributed by atoms with Crippen LogP contribution in [-0.2, 0) is 12.6 Å². The van der Waals surface area contributed by atoms with Crippen molar-refractivity contribution in [3.8, 4) is 0 Å². The maximum absolute atomic E-state index is 12.8. The molecule has 1 saturated heterocycles. The number of aromatic nitrogens is 1. The predicted molar refractivity (Wildman–Crippen MR) is 88.0 cm³/mol. The van der Waals surface area contributed by atoms with E-state index >= 15 is 0 Å². The second-order valence-corrected chi connectivity index (χ2v) is 5.95. The second kappa shape index (κ2) is 7.21. The quantitative estimate of drug-likeness (QED) is 0.853. The molecule has 0 amide bonds. The van der Waals surface area contributed by atoms with Crippen molar-refractivity contribution in [1.29, 1.82) is 0 Å². The number of anilines is 1. The fraction of sp³-hybridized carbons (Fsp3) is 0.389. The summed E-state index contributed by atoms with van der Waals surface area (Å²) >= 11 is 0. The van der Waals surface area contributed by atoms with Gasteiger partial charge in [-0.2, -0.15) is 13.2 Å². The third-order valence-electron chi connectivity index (χ3n) is 4.32. The normalized spacial score (nSPS) is 16.4. The molecule has 2 aromatic rings. The van der Waals surface area contributed by atoms with Crippen molar-refractivity contribution in [3.63, 3.8) is 0 Å². The van der Waals surface area contributed by atoms with E-state index in [1.165, 1.54) is 12.1 Å². The molecule has 1 aliphatic heterocycles. The maximum atomic E-state index is 12.8. The Bertz CT molecular complexity index is 650. The van der Waals surface area contributed by atoms with Gasteiger partial charge in [-0.05, 0) is 30.3 Å². The molecular weight excluding hydrogens is 315 g/mol. The molecule has 1 aromatic heterocycles. The average Bonchev–Trinajstić information content (AvgIpc) is 2.61. The van der Waals surface area contributed by atoms with Crippen LogP contribution in [0.2, 0.25) is 0 Å². The van der Waals surface area contributed by atoms with E-state index in [2.05, 4.69) is 9.88 Å². The number of hydrogen-bond acceptors (Lipinski definition) is 3. The summed E-state index contributed by atoms with van der Waals surface area (Å²) in [5, 5.41) is 0. The van der Waals surface area contributed by atoms with Crippen molar-refractivity contribution in [3.05, 3.63) is 59.9 Å². The lowest BCUT2D eigenvalue weighted by atomic mass is 10.1. The van der Waals surface area contributed by atoms with E-state index in [-0.39, 0.29) is 0 Å². The average molecular weight is 335 g/mol. The highest BCUT2D eigenvalue weighted by molar-refractivity contribution is 5.49. The molecule has 128 valence electrons. The van der Waals surface area contributed by atoms with Crippen LogP contribution in [0.5, 0.6) is 0 Å². The molecule has 24 heavy (non-hydrogen) atoms. The first-order valence-electron chi connectivity index (χ1n) is 8.07. The zero-order chi connectivity index (χ0) is 17.0. The van der Waals surface area contributed by atoms with Gasteiger partial charge in [0.25, 0.3) is 0 Å². The van der Waals surface area contributed by atoms with Gasteiger partial charge in [0, 0.05) is 56.7 Å². The van der Waals surface area contributed by atoms with Crippen molar-refractivity contribution in [2.45, 2.75) is 12.6 Å². The molecule has 1 fully saturated rings. The molecule has 3 rings (SSSR count). The Morgan fingerprint density at radius 1 is 0.958 bits per heavy atom. The predicted octanol–water partition coefficient (Wildman–Crippen LogP) is 3.47. The van der Waals surface area contributed by atoms with Crippen molar-refractivity contribution < 1.29 is 13.2 Å². The molecule has 0 N–H and O–H groups in total. The Labute approximate surface area is 139 Å². The number of halogens is 3. The second-order valence-electron chi connectivity index (χ2n) is 5.95. The lowest BCUT2D eigenvalue weighted by molar-refractivity contribution is -0.137. The van der Waals surface area contributed by atoms with Gasteiger partial charge in [-0.25, -0.2) is 0 Å². The molecule has 2 heterocycles. The molecule has 0 bridgehead atoms. The molecule has 3 nitrogen and oxygen atoms in total. The number of alkyl halides is 3. The minimum atomic E-state index is -4.29. The van der Waals surface area contributed by atoms with E-state index in [9.17, 15) is 13.2 Å². The number of hydrogen-bond donors (Lipinski definition) is 0. The number of rotatable bonds is 4. The van der Waals surface area contributed by atoms with Crippen LogP contribution >= 0.6 is 0 Å². The van der Waals surface area contributed by atoms with Crippen LogP contribution in [0, 0.1) is 0 Å². The molecule has 0 radical (unpaired) electrons. The first-order chi connectivity index (χ1) is 11.5. The molecular formula is C18H20F3N3. The van der Waals surface area contributed by atoms with Crippen LogP contribution in [0.15, 0.2) is 48.7 Å². The van der Waals surface area contributed by atoms with Crippen molar-refractivity contribution in [2.24, 2.45) is 0 Å². The topological polar surface area (TPSA) is 19.4 Å². The van der Waals surface area contributed by atoms with Crippen LogP contribution in [-0.4, -0.2) is 42.6 Å². The van der Waals surface area contributed by atoms with Crippen molar-refractivity contribution >= 4 is 5.69 Å². The van der Waals surface area contributed by atoms with Crippen molar-refractivity contribution in [1.82, 2.24) is 9.88 Å². The van der Waals surface area contributed by atoms with Gasteiger partial charge in [0.05, 0.1) is 5.56 Å². The third kappa shape index (κ3) is 4.26. The molecule has 0 saturated carbocycles. The monoisotopic (exact) mass is 335 g/mol. The van der Waals surface area contributed by atoms with Gasteiger partial charge in [0.15, 0.2) is 0 Å². The Balaban J connectivity index is 1.53. The zero-order valence-corrected chi connectivity index (χ0v) is 13.3. The molecule has 0 spiro atoms. The maximum Gasteiger partial charge on any atom is 0.416 e. The highest BCUT2D eigenvalue weighted by Gasteiger charge is 2.31. The van der Waals surface area contributed by atoms with Gasteiger partial charge in [-0.15, -0.1) is 0 Å². The summed E-state index contributed by atoms with van der Waals surface area (Å²) < 4.78 is 38.5.